The number of hydrogen-bond donors (Lipinski definition) is 5. The molecule has 1 aromatic heterocycles. The average molecular weight is 823 g/mol. The van der Waals surface area contributed by atoms with E-state index in [0.29, 0.717) is 63.7 Å². The van der Waals surface area contributed by atoms with Crippen molar-refractivity contribution in [2.24, 2.45) is 0 Å². The van der Waals surface area contributed by atoms with Crippen LogP contribution >= 0.6 is 0 Å². The summed E-state index contributed by atoms with van der Waals surface area (Å²) in [5.41, 5.74) is 3.31. The Balaban J connectivity index is 1.13. The first kappa shape index (κ1) is 42.7. The number of benzene rings is 4. The number of carbonyl (C=O) groups is 2. The molecule has 14 nitrogen and oxygen atoms in total. The van der Waals surface area contributed by atoms with Crippen LogP contribution in [0.1, 0.15) is 43.1 Å². The van der Waals surface area contributed by atoms with Crippen molar-refractivity contribution in [3.8, 4) is 23.0 Å². The third kappa shape index (κ3) is 11.2. The molecule has 5 aromatic rings. The second-order valence-corrected chi connectivity index (χ2v) is 16.5. The summed E-state index contributed by atoms with van der Waals surface area (Å²) >= 11 is 0. The summed E-state index contributed by atoms with van der Waals surface area (Å²) in [4.78, 5) is 35.8. The number of methoxy groups -OCH3 is 2. The third-order valence-electron chi connectivity index (χ3n) is 10.00. The quantitative estimate of drug-likeness (QED) is 0.0749. The van der Waals surface area contributed by atoms with Crippen molar-refractivity contribution >= 4 is 62.3 Å². The zero-order chi connectivity index (χ0) is 42.1. The smallest absolute Gasteiger partial charge is 0.323 e. The monoisotopic (exact) mass is 822 g/mol. The summed E-state index contributed by atoms with van der Waals surface area (Å²) in [5.74, 6) is 2.26. The maximum atomic E-state index is 13.5. The number of rotatable bonds is 14. The number of likely N-dealkylation sites (N-methyl/N-ethyl adjacent to an activating group) is 1. The predicted octanol–water partition coefficient (Wildman–Crippen LogP) is 7.80. The van der Waals surface area contributed by atoms with Gasteiger partial charge in [-0.25, -0.2) is 14.0 Å². The standard InChI is InChI=1S/C44H54N8O6S/c1-44(2,3)29-25-36(41(57-6)37(26-29)50-59(7)55)49-43(54)48-35-15-16-38(33-12-9-8-11-32(33)35)58-31-17-18-45-40(28-31)47-30-13-14-34(39(27-30)56-5)42(53)46-19-22-52-21-10-20-51(4)23-24-52/h8-9,11-18,25-28,50H,10,19-24H2,1-7H3,(H,45,47)(H,46,53)(H2,48,49,54). The number of fused-ring (bicyclic) bond motifs is 1. The fraction of sp³-hybridized carbons (Fsp3) is 0.341. The Bertz CT molecular complexity index is 2320. The molecule has 0 aliphatic carbocycles. The van der Waals surface area contributed by atoms with Crippen molar-refractivity contribution in [1.82, 2.24) is 20.1 Å². The van der Waals surface area contributed by atoms with E-state index in [9.17, 15) is 13.8 Å². The van der Waals surface area contributed by atoms with Crippen molar-refractivity contribution in [2.45, 2.75) is 32.6 Å². The number of nitrogens with zero attached hydrogens (tertiary/aromatic N) is 3. The maximum Gasteiger partial charge on any atom is 0.323 e. The lowest BCUT2D eigenvalue weighted by molar-refractivity contribution is 0.0945. The van der Waals surface area contributed by atoms with Crippen molar-refractivity contribution in [1.29, 1.82) is 0 Å². The highest BCUT2D eigenvalue weighted by molar-refractivity contribution is 7.85. The van der Waals surface area contributed by atoms with Gasteiger partial charge in [0.1, 0.15) is 34.1 Å². The van der Waals surface area contributed by atoms with Gasteiger partial charge in [0.2, 0.25) is 0 Å². The van der Waals surface area contributed by atoms with E-state index in [-0.39, 0.29) is 11.3 Å². The summed E-state index contributed by atoms with van der Waals surface area (Å²) in [6.45, 7) is 11.7. The third-order valence-corrected chi connectivity index (χ3v) is 10.5. The predicted molar refractivity (Wildman–Crippen MR) is 237 cm³/mol. The van der Waals surface area contributed by atoms with Gasteiger partial charge in [0.25, 0.3) is 5.91 Å². The molecule has 2 heterocycles. The average Bonchev–Trinajstić information content (AvgIpc) is 3.41. The van der Waals surface area contributed by atoms with Crippen LogP contribution in [0.3, 0.4) is 0 Å². The second kappa shape index (κ2) is 19.2. The molecular weight excluding hydrogens is 769 g/mol. The highest BCUT2D eigenvalue weighted by Gasteiger charge is 2.22. The number of hydrogen-bond acceptors (Lipinski definition) is 10. The Morgan fingerprint density at radius 2 is 1.59 bits per heavy atom. The molecule has 0 spiro atoms. The highest BCUT2D eigenvalue weighted by Crippen LogP contribution is 2.40. The van der Waals surface area contributed by atoms with Crippen LogP contribution in [0.2, 0.25) is 0 Å². The van der Waals surface area contributed by atoms with Gasteiger partial charge in [0.15, 0.2) is 5.75 Å². The fourth-order valence-corrected chi connectivity index (χ4v) is 7.33. The minimum absolute atomic E-state index is 0.188. The Morgan fingerprint density at radius 3 is 2.34 bits per heavy atom. The normalized spacial score (nSPS) is 14.2. The van der Waals surface area contributed by atoms with Gasteiger partial charge >= 0.3 is 6.03 Å². The number of amides is 3. The van der Waals surface area contributed by atoms with E-state index in [4.69, 9.17) is 14.2 Å². The molecule has 0 bridgehead atoms. The maximum absolute atomic E-state index is 13.5. The molecule has 3 amide bonds. The van der Waals surface area contributed by atoms with E-state index < -0.39 is 17.0 Å². The van der Waals surface area contributed by atoms with E-state index in [0.717, 1.165) is 55.5 Å². The Labute approximate surface area is 348 Å². The number of urea groups is 1. The number of ether oxygens (including phenoxy) is 3. The molecule has 4 aromatic carbocycles. The SMILES string of the molecule is COc1cc(Nc2cc(Oc3ccc(NC(=O)Nc4cc(C(C)(C)C)cc(NS(C)=O)c4OC)c4ccccc34)ccn2)ccc1C(=O)NCCN1CCCN(C)CC1. The number of aromatic nitrogens is 1. The highest BCUT2D eigenvalue weighted by atomic mass is 32.2. The van der Waals surface area contributed by atoms with Crippen LogP contribution in [-0.2, 0) is 16.4 Å². The molecule has 1 atom stereocenters. The van der Waals surface area contributed by atoms with E-state index in [1.165, 1.54) is 13.4 Å². The van der Waals surface area contributed by atoms with Crippen LogP contribution in [-0.4, -0.2) is 97.7 Å². The summed E-state index contributed by atoms with van der Waals surface area (Å²) in [6, 6.07) is 23.3. The summed E-state index contributed by atoms with van der Waals surface area (Å²) < 4.78 is 32.7. The van der Waals surface area contributed by atoms with E-state index in [2.05, 4.69) is 68.6 Å². The van der Waals surface area contributed by atoms with Gasteiger partial charge in [0.05, 0.1) is 36.8 Å². The molecule has 0 radical (unpaired) electrons. The van der Waals surface area contributed by atoms with Gasteiger partial charge in [0, 0.05) is 67.2 Å². The number of nitrogens with one attached hydrogen (secondary N) is 5. The number of carbonyl (C=O) groups excluding carboxylic acids is 2. The second-order valence-electron chi connectivity index (χ2n) is 15.4. The molecule has 5 N–H and O–H groups in total. The Kier molecular flexibility index (Phi) is 13.9. The van der Waals surface area contributed by atoms with Crippen LogP contribution in [0.4, 0.5) is 33.4 Å². The first-order valence-corrected chi connectivity index (χ1v) is 21.1. The van der Waals surface area contributed by atoms with Crippen molar-refractivity contribution < 1.29 is 28.0 Å². The van der Waals surface area contributed by atoms with Gasteiger partial charge in [-0.15, -0.1) is 0 Å². The molecule has 1 unspecified atom stereocenters. The van der Waals surface area contributed by atoms with Gasteiger partial charge in [-0.05, 0) is 80.0 Å². The van der Waals surface area contributed by atoms with E-state index in [1.54, 1.807) is 49.7 Å². The lowest BCUT2D eigenvalue weighted by atomic mass is 9.86. The molecule has 59 heavy (non-hydrogen) atoms. The summed E-state index contributed by atoms with van der Waals surface area (Å²) in [7, 11) is 3.83. The van der Waals surface area contributed by atoms with Gasteiger partial charge in [-0.1, -0.05) is 45.0 Å². The zero-order valence-corrected chi connectivity index (χ0v) is 35.5. The van der Waals surface area contributed by atoms with Crippen molar-refractivity contribution in [3.63, 3.8) is 0 Å². The fourth-order valence-electron chi connectivity index (χ4n) is 6.87. The molecular formula is C44H54N8O6S. The van der Waals surface area contributed by atoms with Crippen LogP contribution < -0.4 is 40.2 Å². The molecule has 312 valence electrons. The molecule has 6 rings (SSSR count). The van der Waals surface area contributed by atoms with Gasteiger partial charge < -0.3 is 50.0 Å². The number of pyridine rings is 1. The topological polar surface area (TPSA) is 158 Å². The molecule has 1 aliphatic rings. The lowest BCUT2D eigenvalue weighted by Crippen LogP contribution is -2.37. The van der Waals surface area contributed by atoms with Crippen molar-refractivity contribution in [2.75, 3.05) is 87.5 Å². The Hall–Kier alpha value is -5.90. The van der Waals surface area contributed by atoms with Crippen LogP contribution in [0, 0.1) is 0 Å². The first-order chi connectivity index (χ1) is 28.3. The molecule has 15 heteroatoms. The zero-order valence-electron chi connectivity index (χ0n) is 34.7. The lowest BCUT2D eigenvalue weighted by Gasteiger charge is -2.24. The van der Waals surface area contributed by atoms with Gasteiger partial charge in [-0.3, -0.25) is 4.79 Å². The van der Waals surface area contributed by atoms with E-state index in [1.807, 2.05) is 42.5 Å². The minimum atomic E-state index is -1.36. The summed E-state index contributed by atoms with van der Waals surface area (Å²) in [5, 5.41) is 13.8. The van der Waals surface area contributed by atoms with E-state index >= 15 is 0 Å². The molecule has 1 aliphatic heterocycles. The van der Waals surface area contributed by atoms with Crippen LogP contribution in [0.15, 0.2) is 85.1 Å². The van der Waals surface area contributed by atoms with Crippen LogP contribution in [0.5, 0.6) is 23.0 Å². The summed E-state index contributed by atoms with van der Waals surface area (Å²) in [6.07, 6.45) is 4.30. The molecule has 1 fully saturated rings. The Morgan fingerprint density at radius 1 is 0.831 bits per heavy atom. The molecule has 1 saturated heterocycles. The minimum Gasteiger partial charge on any atom is -0.496 e. The number of anilines is 5. The largest absolute Gasteiger partial charge is 0.496 e. The van der Waals surface area contributed by atoms with Crippen LogP contribution in [0.25, 0.3) is 10.8 Å². The molecule has 0 saturated carbocycles. The van der Waals surface area contributed by atoms with Crippen molar-refractivity contribution in [3.05, 3.63) is 96.2 Å². The first-order valence-electron chi connectivity index (χ1n) is 19.5. The van der Waals surface area contributed by atoms with Gasteiger partial charge in [-0.2, -0.15) is 0 Å².